The summed E-state index contributed by atoms with van der Waals surface area (Å²) in [5.41, 5.74) is 0.944. The van der Waals surface area contributed by atoms with Gasteiger partial charge in [0.05, 0.1) is 6.04 Å². The second-order valence-electron chi connectivity index (χ2n) is 3.92. The predicted octanol–water partition coefficient (Wildman–Crippen LogP) is 1.98. The summed E-state index contributed by atoms with van der Waals surface area (Å²) in [7, 11) is 0. The van der Waals surface area contributed by atoms with E-state index in [2.05, 4.69) is 10.1 Å². The Hall–Kier alpha value is -2.37. The highest BCUT2D eigenvalue weighted by molar-refractivity contribution is 5.65. The maximum Gasteiger partial charge on any atom is 0.409 e. The summed E-state index contributed by atoms with van der Waals surface area (Å²) >= 11 is 0. The number of amides is 1. The van der Waals surface area contributed by atoms with E-state index in [0.29, 0.717) is 0 Å². The fourth-order valence-corrected chi connectivity index (χ4v) is 1.72. The zero-order valence-corrected chi connectivity index (χ0v) is 9.97. The van der Waals surface area contributed by atoms with Crippen LogP contribution in [0, 0.1) is 0 Å². The van der Waals surface area contributed by atoms with Crippen molar-refractivity contribution in [1.29, 1.82) is 0 Å². The highest BCUT2D eigenvalue weighted by atomic mass is 16.4. The van der Waals surface area contributed by atoms with Crippen molar-refractivity contribution >= 4 is 6.09 Å². The van der Waals surface area contributed by atoms with E-state index in [-0.39, 0.29) is 12.7 Å². The lowest BCUT2D eigenvalue weighted by Gasteiger charge is -2.26. The normalized spacial score (nSPS) is 12.1. The van der Waals surface area contributed by atoms with Crippen LogP contribution in [-0.4, -0.2) is 30.9 Å². The Kier molecular flexibility index (Phi) is 3.57. The Labute approximate surface area is 104 Å². The molecule has 6 nitrogen and oxygen atoms in total. The molecule has 18 heavy (non-hydrogen) atoms. The molecule has 1 heterocycles. The van der Waals surface area contributed by atoms with E-state index in [9.17, 15) is 9.90 Å². The van der Waals surface area contributed by atoms with Crippen LogP contribution in [0.4, 0.5) is 4.79 Å². The number of hydrogen-bond acceptors (Lipinski definition) is 3. The van der Waals surface area contributed by atoms with E-state index in [1.54, 1.807) is 0 Å². The Morgan fingerprint density at radius 3 is 2.72 bits per heavy atom. The lowest BCUT2D eigenvalue weighted by Crippen LogP contribution is -2.34. The van der Waals surface area contributed by atoms with Gasteiger partial charge in [-0.25, -0.2) is 14.5 Å². The van der Waals surface area contributed by atoms with Crippen molar-refractivity contribution < 1.29 is 9.90 Å². The molecule has 0 aliphatic heterocycles. The van der Waals surface area contributed by atoms with E-state index in [4.69, 9.17) is 0 Å². The maximum atomic E-state index is 11.3. The number of benzene rings is 1. The second kappa shape index (κ2) is 5.31. The maximum absolute atomic E-state index is 11.3. The van der Waals surface area contributed by atoms with Crippen LogP contribution in [0.5, 0.6) is 0 Å². The quantitative estimate of drug-likeness (QED) is 0.895. The van der Waals surface area contributed by atoms with E-state index in [0.717, 1.165) is 5.56 Å². The summed E-state index contributed by atoms with van der Waals surface area (Å²) in [6.45, 7) is 2.01. The van der Waals surface area contributed by atoms with Crippen molar-refractivity contribution in [3.8, 4) is 0 Å². The molecule has 0 radical (unpaired) electrons. The van der Waals surface area contributed by atoms with E-state index < -0.39 is 6.09 Å². The first-order chi connectivity index (χ1) is 8.68. The number of nitrogens with zero attached hydrogens (tertiary/aromatic N) is 4. The van der Waals surface area contributed by atoms with Crippen LogP contribution in [0.1, 0.15) is 18.5 Å². The summed E-state index contributed by atoms with van der Waals surface area (Å²) < 4.78 is 1.48. The van der Waals surface area contributed by atoms with Gasteiger partial charge in [0.1, 0.15) is 19.3 Å². The minimum Gasteiger partial charge on any atom is -0.465 e. The molecule has 2 aromatic rings. The Bertz CT molecular complexity index is 498. The molecule has 1 atom stereocenters. The van der Waals surface area contributed by atoms with Gasteiger partial charge in [0, 0.05) is 0 Å². The van der Waals surface area contributed by atoms with Gasteiger partial charge in [-0.3, -0.25) is 4.90 Å². The molecule has 0 aliphatic carbocycles. The fourth-order valence-electron chi connectivity index (χ4n) is 1.72. The molecule has 0 saturated heterocycles. The van der Waals surface area contributed by atoms with Crippen molar-refractivity contribution in [2.24, 2.45) is 0 Å². The van der Waals surface area contributed by atoms with Crippen LogP contribution in [0.25, 0.3) is 0 Å². The van der Waals surface area contributed by atoms with Gasteiger partial charge in [0.25, 0.3) is 0 Å². The number of rotatable bonds is 4. The molecule has 1 aromatic heterocycles. The van der Waals surface area contributed by atoms with Crippen LogP contribution in [0.2, 0.25) is 0 Å². The van der Waals surface area contributed by atoms with Gasteiger partial charge in [0.15, 0.2) is 0 Å². The lowest BCUT2D eigenvalue weighted by molar-refractivity contribution is 0.107. The first-order valence-corrected chi connectivity index (χ1v) is 5.55. The van der Waals surface area contributed by atoms with Crippen LogP contribution >= 0.6 is 0 Å². The molecule has 2 rings (SSSR count). The summed E-state index contributed by atoms with van der Waals surface area (Å²) in [6, 6.07) is 9.25. The molecule has 1 aromatic carbocycles. The molecule has 0 aliphatic rings. The Morgan fingerprint density at radius 2 is 2.17 bits per heavy atom. The first-order valence-electron chi connectivity index (χ1n) is 5.55. The molecule has 0 unspecified atom stereocenters. The van der Waals surface area contributed by atoms with Crippen molar-refractivity contribution in [1.82, 2.24) is 19.7 Å². The number of hydrogen-bond donors (Lipinski definition) is 1. The fraction of sp³-hybridized carbons (Fsp3) is 0.250. The van der Waals surface area contributed by atoms with Crippen molar-refractivity contribution in [3.63, 3.8) is 0 Å². The average molecular weight is 246 g/mol. The SMILES string of the molecule is C[C@H](c1ccccc1)N(Cn1cncn1)C(=O)O. The van der Waals surface area contributed by atoms with E-state index in [1.807, 2.05) is 37.3 Å². The van der Waals surface area contributed by atoms with Gasteiger partial charge < -0.3 is 5.11 Å². The molecule has 1 amide bonds. The van der Waals surface area contributed by atoms with Gasteiger partial charge in [-0.15, -0.1) is 0 Å². The van der Waals surface area contributed by atoms with Crippen molar-refractivity contribution in [2.75, 3.05) is 0 Å². The van der Waals surface area contributed by atoms with E-state index >= 15 is 0 Å². The molecule has 1 N–H and O–H groups in total. The average Bonchev–Trinajstić information content (AvgIpc) is 2.89. The molecule has 0 spiro atoms. The first kappa shape index (κ1) is 12.1. The van der Waals surface area contributed by atoms with Gasteiger partial charge in [-0.05, 0) is 12.5 Å². The summed E-state index contributed by atoms with van der Waals surface area (Å²) in [6.07, 6.45) is 1.89. The topological polar surface area (TPSA) is 71.2 Å². The minimum atomic E-state index is -0.984. The summed E-state index contributed by atoms with van der Waals surface area (Å²) in [5.74, 6) is 0. The third kappa shape index (κ3) is 2.65. The van der Waals surface area contributed by atoms with Gasteiger partial charge in [-0.2, -0.15) is 5.10 Å². The van der Waals surface area contributed by atoms with E-state index in [1.165, 1.54) is 22.2 Å². The molecule has 0 saturated carbocycles. The van der Waals surface area contributed by atoms with Crippen LogP contribution in [0.15, 0.2) is 43.0 Å². The number of carboxylic acid groups (broad SMARTS) is 1. The third-order valence-electron chi connectivity index (χ3n) is 2.76. The van der Waals surface area contributed by atoms with Gasteiger partial charge in [-0.1, -0.05) is 30.3 Å². The molecule has 6 heteroatoms. The zero-order chi connectivity index (χ0) is 13.0. The molecule has 0 fully saturated rings. The molecular formula is C12H14N4O2. The van der Waals surface area contributed by atoms with Crippen LogP contribution < -0.4 is 0 Å². The lowest BCUT2D eigenvalue weighted by atomic mass is 10.1. The Morgan fingerprint density at radius 1 is 1.44 bits per heavy atom. The monoisotopic (exact) mass is 246 g/mol. The highest BCUT2D eigenvalue weighted by Crippen LogP contribution is 2.20. The largest absolute Gasteiger partial charge is 0.465 e. The zero-order valence-electron chi connectivity index (χ0n) is 9.97. The highest BCUT2D eigenvalue weighted by Gasteiger charge is 2.21. The smallest absolute Gasteiger partial charge is 0.409 e. The summed E-state index contributed by atoms with van der Waals surface area (Å²) in [5, 5.41) is 13.2. The standard InChI is InChI=1S/C12H14N4O2/c1-10(11-5-3-2-4-6-11)16(12(17)18)9-15-8-13-7-14-15/h2-8,10H,9H2,1H3,(H,17,18)/t10-/m1/s1. The molecule has 0 bridgehead atoms. The Balaban J connectivity index is 2.18. The third-order valence-corrected chi connectivity index (χ3v) is 2.76. The van der Waals surface area contributed by atoms with Crippen LogP contribution in [-0.2, 0) is 6.67 Å². The van der Waals surface area contributed by atoms with Crippen LogP contribution in [0.3, 0.4) is 0 Å². The number of carbonyl (C=O) groups is 1. The van der Waals surface area contributed by atoms with Gasteiger partial charge in [0.2, 0.25) is 0 Å². The van der Waals surface area contributed by atoms with Gasteiger partial charge >= 0.3 is 6.09 Å². The number of aromatic nitrogens is 3. The predicted molar refractivity (Wildman–Crippen MR) is 64.7 cm³/mol. The summed E-state index contributed by atoms with van der Waals surface area (Å²) in [4.78, 5) is 16.4. The minimum absolute atomic E-state index is 0.158. The molecular weight excluding hydrogens is 232 g/mol. The van der Waals surface area contributed by atoms with Crippen molar-refractivity contribution in [2.45, 2.75) is 19.6 Å². The van der Waals surface area contributed by atoms with Crippen molar-refractivity contribution in [3.05, 3.63) is 48.5 Å². The second-order valence-corrected chi connectivity index (χ2v) is 3.92. The molecule has 94 valence electrons.